The molecule has 0 spiro atoms. The smallest absolute Gasteiger partial charge is 0.292 e. The average Bonchev–Trinajstić information content (AvgIpc) is 2.62. The number of unbranched alkanes of at least 4 members (excludes halogenated alkanes) is 1. The van der Waals surface area contributed by atoms with Crippen molar-refractivity contribution in [1.29, 1.82) is 0 Å². The second-order valence-corrected chi connectivity index (χ2v) is 6.28. The van der Waals surface area contributed by atoms with E-state index in [1.807, 2.05) is 22.8 Å². The van der Waals surface area contributed by atoms with E-state index >= 15 is 0 Å². The van der Waals surface area contributed by atoms with Crippen LogP contribution in [0.1, 0.15) is 39.5 Å². The average molecular weight is 333 g/mol. The quantitative estimate of drug-likeness (QED) is 0.566. The first-order valence-corrected chi connectivity index (χ1v) is 8.85. The van der Waals surface area contributed by atoms with Crippen molar-refractivity contribution >= 4 is 17.3 Å². The summed E-state index contributed by atoms with van der Waals surface area (Å²) in [6.45, 7) is 7.11. The molecular weight excluding hydrogens is 306 g/mol. The lowest BCUT2D eigenvalue weighted by atomic mass is 9.94. The van der Waals surface area contributed by atoms with Crippen molar-refractivity contribution in [3.63, 3.8) is 0 Å². The number of hydrogen-bond acceptors (Lipinski definition) is 4. The Labute approximate surface area is 143 Å². The van der Waals surface area contributed by atoms with Gasteiger partial charge in [0.15, 0.2) is 0 Å². The van der Waals surface area contributed by atoms with Crippen molar-refractivity contribution in [2.75, 3.05) is 31.1 Å². The summed E-state index contributed by atoms with van der Waals surface area (Å²) >= 11 is 0. The van der Waals surface area contributed by atoms with Crippen molar-refractivity contribution in [3.05, 3.63) is 34.4 Å². The molecule has 132 valence electrons. The number of nitrogens with zero attached hydrogens (tertiary/aromatic N) is 3. The Morgan fingerprint density at radius 1 is 1.29 bits per heavy atom. The van der Waals surface area contributed by atoms with Crippen molar-refractivity contribution in [2.24, 2.45) is 5.92 Å². The number of anilines is 1. The standard InChI is InChI=1S/C18H27N3O3/c1-3-5-12-19(4-2)18(22)15-10-13-20(14-11-15)16-8-6-7-9-17(16)21(23)24/h6-9,15H,3-5,10-14H2,1-2H3. The van der Waals surface area contributed by atoms with E-state index in [-0.39, 0.29) is 22.4 Å². The van der Waals surface area contributed by atoms with Gasteiger partial charge in [-0.2, -0.15) is 0 Å². The van der Waals surface area contributed by atoms with Crippen LogP contribution in [0.4, 0.5) is 11.4 Å². The number of carbonyl (C=O) groups excluding carboxylic acids is 1. The molecular formula is C18H27N3O3. The molecule has 0 bridgehead atoms. The number of rotatable bonds is 7. The molecule has 6 nitrogen and oxygen atoms in total. The van der Waals surface area contributed by atoms with Crippen LogP contribution in [0.25, 0.3) is 0 Å². The Hall–Kier alpha value is -2.11. The lowest BCUT2D eigenvalue weighted by Crippen LogP contribution is -2.43. The summed E-state index contributed by atoms with van der Waals surface area (Å²) in [6, 6.07) is 6.84. The van der Waals surface area contributed by atoms with Crippen molar-refractivity contribution in [3.8, 4) is 0 Å². The molecule has 1 aliphatic heterocycles. The lowest BCUT2D eigenvalue weighted by Gasteiger charge is -2.35. The van der Waals surface area contributed by atoms with Crippen LogP contribution in [0.5, 0.6) is 0 Å². The van der Waals surface area contributed by atoms with E-state index in [4.69, 9.17) is 0 Å². The summed E-state index contributed by atoms with van der Waals surface area (Å²) in [6.07, 6.45) is 3.63. The van der Waals surface area contributed by atoms with Gasteiger partial charge in [0.2, 0.25) is 5.91 Å². The minimum atomic E-state index is -0.337. The molecule has 0 unspecified atom stereocenters. The van der Waals surface area contributed by atoms with Crippen molar-refractivity contribution in [1.82, 2.24) is 4.90 Å². The molecule has 0 N–H and O–H groups in total. The third-order valence-electron chi connectivity index (χ3n) is 4.74. The minimum absolute atomic E-state index is 0.0424. The van der Waals surface area contributed by atoms with Gasteiger partial charge in [-0.15, -0.1) is 0 Å². The molecule has 0 radical (unpaired) electrons. The molecule has 2 rings (SSSR count). The zero-order chi connectivity index (χ0) is 17.5. The Kier molecular flexibility index (Phi) is 6.58. The maximum Gasteiger partial charge on any atom is 0.292 e. The summed E-state index contributed by atoms with van der Waals surface area (Å²) < 4.78 is 0. The number of piperidine rings is 1. The molecule has 6 heteroatoms. The summed E-state index contributed by atoms with van der Waals surface area (Å²) in [4.78, 5) is 27.5. The fourth-order valence-electron chi connectivity index (χ4n) is 3.28. The van der Waals surface area contributed by atoms with Gasteiger partial charge >= 0.3 is 0 Å². The highest BCUT2D eigenvalue weighted by molar-refractivity contribution is 5.79. The number of nitro benzene ring substituents is 1. The normalized spacial score (nSPS) is 15.3. The van der Waals surface area contributed by atoms with Crippen LogP contribution in [0.15, 0.2) is 24.3 Å². The highest BCUT2D eigenvalue weighted by Gasteiger charge is 2.29. The zero-order valence-corrected chi connectivity index (χ0v) is 14.6. The second-order valence-electron chi connectivity index (χ2n) is 6.28. The van der Waals surface area contributed by atoms with E-state index in [9.17, 15) is 14.9 Å². The summed E-state index contributed by atoms with van der Waals surface area (Å²) in [7, 11) is 0. The number of amides is 1. The van der Waals surface area contributed by atoms with Gasteiger partial charge in [-0.3, -0.25) is 14.9 Å². The van der Waals surface area contributed by atoms with Gasteiger partial charge in [0.1, 0.15) is 5.69 Å². The van der Waals surface area contributed by atoms with Gasteiger partial charge in [-0.1, -0.05) is 25.5 Å². The number of para-hydroxylation sites is 2. The highest BCUT2D eigenvalue weighted by atomic mass is 16.6. The fourth-order valence-corrected chi connectivity index (χ4v) is 3.28. The first-order valence-electron chi connectivity index (χ1n) is 8.85. The predicted octanol–water partition coefficient (Wildman–Crippen LogP) is 3.46. The molecule has 1 aliphatic rings. The molecule has 0 atom stereocenters. The summed E-state index contributed by atoms with van der Waals surface area (Å²) in [5.74, 6) is 0.286. The van der Waals surface area contributed by atoms with E-state index in [2.05, 4.69) is 6.92 Å². The van der Waals surface area contributed by atoms with Gasteiger partial charge in [0.05, 0.1) is 4.92 Å². The van der Waals surface area contributed by atoms with E-state index < -0.39 is 0 Å². The highest BCUT2D eigenvalue weighted by Crippen LogP contribution is 2.31. The number of nitro groups is 1. The first kappa shape index (κ1) is 18.2. The van der Waals surface area contributed by atoms with E-state index in [0.29, 0.717) is 18.8 Å². The van der Waals surface area contributed by atoms with Crippen LogP contribution in [-0.4, -0.2) is 41.9 Å². The van der Waals surface area contributed by atoms with Gasteiger partial charge in [0, 0.05) is 38.2 Å². The van der Waals surface area contributed by atoms with Gasteiger partial charge < -0.3 is 9.80 Å². The number of carbonyl (C=O) groups is 1. The Balaban J connectivity index is 1.98. The molecule has 0 saturated carbocycles. The van der Waals surface area contributed by atoms with Crippen molar-refractivity contribution < 1.29 is 9.72 Å². The number of benzene rings is 1. The van der Waals surface area contributed by atoms with E-state index in [1.54, 1.807) is 12.1 Å². The SMILES string of the molecule is CCCCN(CC)C(=O)C1CCN(c2ccccc2[N+](=O)[O-])CC1. The van der Waals surface area contributed by atoms with Crippen LogP contribution in [0.3, 0.4) is 0 Å². The Bertz CT molecular complexity index is 568. The topological polar surface area (TPSA) is 66.7 Å². The minimum Gasteiger partial charge on any atom is -0.366 e. The monoisotopic (exact) mass is 333 g/mol. The Morgan fingerprint density at radius 3 is 2.54 bits per heavy atom. The molecule has 1 amide bonds. The third-order valence-corrected chi connectivity index (χ3v) is 4.74. The fraction of sp³-hybridized carbons (Fsp3) is 0.611. The van der Waals surface area contributed by atoms with Crippen molar-refractivity contribution in [2.45, 2.75) is 39.5 Å². The summed E-state index contributed by atoms with van der Waals surface area (Å²) in [5.41, 5.74) is 0.798. The maximum atomic E-state index is 12.7. The maximum absolute atomic E-state index is 12.7. The molecule has 0 aromatic heterocycles. The third kappa shape index (κ3) is 4.24. The van der Waals surface area contributed by atoms with Gasteiger partial charge in [0.25, 0.3) is 5.69 Å². The molecule has 1 saturated heterocycles. The van der Waals surface area contributed by atoms with E-state index in [1.165, 1.54) is 6.07 Å². The van der Waals surface area contributed by atoms with Gasteiger partial charge in [-0.25, -0.2) is 0 Å². The molecule has 1 fully saturated rings. The number of hydrogen-bond donors (Lipinski definition) is 0. The van der Waals surface area contributed by atoms with Crippen LogP contribution < -0.4 is 4.90 Å². The van der Waals surface area contributed by atoms with E-state index in [0.717, 1.165) is 38.8 Å². The van der Waals surface area contributed by atoms with Crippen LogP contribution in [0, 0.1) is 16.0 Å². The largest absolute Gasteiger partial charge is 0.366 e. The molecule has 1 aromatic rings. The second kappa shape index (κ2) is 8.66. The Morgan fingerprint density at radius 2 is 1.96 bits per heavy atom. The first-order chi connectivity index (χ1) is 11.6. The zero-order valence-electron chi connectivity index (χ0n) is 14.6. The predicted molar refractivity (Wildman–Crippen MR) is 95.2 cm³/mol. The van der Waals surface area contributed by atoms with Crippen LogP contribution in [0.2, 0.25) is 0 Å². The lowest BCUT2D eigenvalue weighted by molar-refractivity contribution is -0.384. The van der Waals surface area contributed by atoms with Gasteiger partial charge in [-0.05, 0) is 32.3 Å². The molecule has 1 aromatic carbocycles. The molecule has 1 heterocycles. The van der Waals surface area contributed by atoms with Crippen LogP contribution in [-0.2, 0) is 4.79 Å². The molecule has 0 aliphatic carbocycles. The summed E-state index contributed by atoms with van der Waals surface area (Å²) in [5, 5.41) is 11.2. The van der Waals surface area contributed by atoms with Crippen LogP contribution >= 0.6 is 0 Å². The molecule has 24 heavy (non-hydrogen) atoms.